The number of hydrogen-bond acceptors (Lipinski definition) is 3. The third-order valence-corrected chi connectivity index (χ3v) is 2.18. The third kappa shape index (κ3) is 2.19. The molecule has 1 N–H and O–H groups in total. The van der Waals surface area contributed by atoms with Crippen molar-refractivity contribution >= 4 is 5.97 Å². The van der Waals surface area contributed by atoms with E-state index in [-0.39, 0.29) is 18.0 Å². The minimum Gasteiger partial charge on any atom is -0.469 e. The number of esters is 1. The van der Waals surface area contributed by atoms with Gasteiger partial charge >= 0.3 is 5.97 Å². The van der Waals surface area contributed by atoms with E-state index < -0.39 is 0 Å². The van der Waals surface area contributed by atoms with Crippen LogP contribution < -0.4 is 0 Å². The average molecular weight is 158 g/mol. The highest BCUT2D eigenvalue weighted by atomic mass is 16.5. The molecule has 11 heavy (non-hydrogen) atoms. The highest BCUT2D eigenvalue weighted by molar-refractivity contribution is 5.72. The van der Waals surface area contributed by atoms with E-state index in [0.717, 1.165) is 19.3 Å². The summed E-state index contributed by atoms with van der Waals surface area (Å²) < 4.78 is 4.59. The van der Waals surface area contributed by atoms with Crippen LogP contribution in [0.5, 0.6) is 0 Å². The number of carbonyl (C=O) groups is 1. The highest BCUT2D eigenvalue weighted by Crippen LogP contribution is 2.24. The van der Waals surface area contributed by atoms with Crippen LogP contribution in [-0.2, 0) is 9.53 Å². The first-order valence-corrected chi connectivity index (χ1v) is 4.00. The van der Waals surface area contributed by atoms with Crippen LogP contribution in [-0.4, -0.2) is 24.3 Å². The molecule has 64 valence electrons. The molecule has 0 unspecified atom stereocenters. The summed E-state index contributed by atoms with van der Waals surface area (Å²) >= 11 is 0. The molecular formula is C8H14O3. The Labute approximate surface area is 66.4 Å². The first kappa shape index (κ1) is 8.53. The topological polar surface area (TPSA) is 46.5 Å². The van der Waals surface area contributed by atoms with Crippen LogP contribution in [0.1, 0.15) is 25.7 Å². The molecule has 1 fully saturated rings. The Morgan fingerprint density at radius 2 is 2.27 bits per heavy atom. The van der Waals surface area contributed by atoms with Gasteiger partial charge in [-0.3, -0.25) is 4.79 Å². The Balaban J connectivity index is 2.39. The van der Waals surface area contributed by atoms with Crippen LogP contribution in [0.2, 0.25) is 0 Å². The van der Waals surface area contributed by atoms with Crippen molar-refractivity contribution in [2.45, 2.75) is 31.8 Å². The molecular weight excluding hydrogens is 144 g/mol. The van der Waals surface area contributed by atoms with Gasteiger partial charge in [-0.1, -0.05) is 6.42 Å². The smallest absolute Gasteiger partial charge is 0.308 e. The maximum absolute atomic E-state index is 11.0. The molecule has 1 aliphatic carbocycles. The lowest BCUT2D eigenvalue weighted by Crippen LogP contribution is -2.26. The van der Waals surface area contributed by atoms with Crippen molar-refractivity contribution in [1.29, 1.82) is 0 Å². The average Bonchev–Trinajstić information content (AvgIpc) is 2.03. The van der Waals surface area contributed by atoms with Crippen molar-refractivity contribution in [3.05, 3.63) is 0 Å². The molecule has 0 aromatic carbocycles. The highest BCUT2D eigenvalue weighted by Gasteiger charge is 2.26. The van der Waals surface area contributed by atoms with Gasteiger partial charge < -0.3 is 9.84 Å². The quantitative estimate of drug-likeness (QED) is 0.572. The van der Waals surface area contributed by atoms with Gasteiger partial charge in [0, 0.05) is 0 Å². The summed E-state index contributed by atoms with van der Waals surface area (Å²) in [5, 5.41) is 9.22. The fraction of sp³-hybridized carbons (Fsp3) is 0.875. The van der Waals surface area contributed by atoms with Gasteiger partial charge in [0.25, 0.3) is 0 Å². The zero-order valence-electron chi connectivity index (χ0n) is 6.75. The predicted molar refractivity (Wildman–Crippen MR) is 40.0 cm³/mol. The van der Waals surface area contributed by atoms with Gasteiger partial charge in [-0.05, 0) is 19.3 Å². The van der Waals surface area contributed by atoms with Gasteiger partial charge in [0.2, 0.25) is 0 Å². The fourth-order valence-electron chi connectivity index (χ4n) is 1.54. The summed E-state index contributed by atoms with van der Waals surface area (Å²) in [7, 11) is 1.39. The Hall–Kier alpha value is -0.570. The first-order chi connectivity index (χ1) is 5.24. The van der Waals surface area contributed by atoms with Crippen molar-refractivity contribution < 1.29 is 14.6 Å². The molecule has 0 aliphatic heterocycles. The van der Waals surface area contributed by atoms with E-state index in [1.165, 1.54) is 7.11 Å². The molecule has 0 amide bonds. The molecule has 1 aliphatic rings. The van der Waals surface area contributed by atoms with Crippen molar-refractivity contribution in [3.63, 3.8) is 0 Å². The summed E-state index contributed by atoms with van der Waals surface area (Å²) in [5.74, 6) is -0.243. The van der Waals surface area contributed by atoms with Crippen LogP contribution >= 0.6 is 0 Å². The minimum atomic E-state index is -0.298. The van der Waals surface area contributed by atoms with E-state index >= 15 is 0 Å². The Morgan fingerprint density at radius 1 is 1.55 bits per heavy atom. The zero-order chi connectivity index (χ0) is 8.27. The van der Waals surface area contributed by atoms with E-state index in [9.17, 15) is 9.90 Å². The van der Waals surface area contributed by atoms with Gasteiger partial charge in [-0.2, -0.15) is 0 Å². The van der Waals surface area contributed by atoms with Crippen molar-refractivity contribution in [2.24, 2.45) is 5.92 Å². The lowest BCUT2D eigenvalue weighted by atomic mass is 9.87. The second-order valence-corrected chi connectivity index (χ2v) is 3.04. The number of aliphatic hydroxyl groups is 1. The summed E-state index contributed by atoms with van der Waals surface area (Å²) in [4.78, 5) is 11.0. The van der Waals surface area contributed by atoms with Crippen LogP contribution in [0.25, 0.3) is 0 Å². The van der Waals surface area contributed by atoms with Crippen LogP contribution in [0.3, 0.4) is 0 Å². The molecule has 3 heteroatoms. The molecule has 0 spiro atoms. The zero-order valence-corrected chi connectivity index (χ0v) is 6.75. The maximum Gasteiger partial charge on any atom is 0.308 e. The number of ether oxygens (including phenoxy) is 1. The molecule has 1 saturated carbocycles. The lowest BCUT2D eigenvalue weighted by Gasteiger charge is -2.23. The van der Waals surface area contributed by atoms with E-state index in [1.807, 2.05) is 0 Å². The number of rotatable bonds is 1. The molecule has 1 rings (SSSR count). The molecule has 3 nitrogen and oxygen atoms in total. The van der Waals surface area contributed by atoms with Gasteiger partial charge in [-0.25, -0.2) is 0 Å². The second-order valence-electron chi connectivity index (χ2n) is 3.04. The predicted octanol–water partition coefficient (Wildman–Crippen LogP) is 0.710. The van der Waals surface area contributed by atoms with E-state index in [0.29, 0.717) is 6.42 Å². The molecule has 0 aromatic rings. The SMILES string of the molecule is COC(=O)[C@@H]1CCC[C@@H](O)C1. The summed E-state index contributed by atoms with van der Waals surface area (Å²) in [6.45, 7) is 0. The van der Waals surface area contributed by atoms with Gasteiger partial charge in [0.1, 0.15) is 0 Å². The minimum absolute atomic E-state index is 0.0660. The number of carbonyl (C=O) groups excluding carboxylic acids is 1. The van der Waals surface area contributed by atoms with Crippen LogP contribution in [0, 0.1) is 5.92 Å². The standard InChI is InChI=1S/C8H14O3/c1-11-8(10)6-3-2-4-7(9)5-6/h6-7,9H,2-5H2,1H3/t6-,7-/m1/s1. The Morgan fingerprint density at radius 3 is 2.82 bits per heavy atom. The second kappa shape index (κ2) is 3.72. The van der Waals surface area contributed by atoms with Crippen molar-refractivity contribution in [1.82, 2.24) is 0 Å². The van der Waals surface area contributed by atoms with Crippen LogP contribution in [0.15, 0.2) is 0 Å². The first-order valence-electron chi connectivity index (χ1n) is 4.00. The van der Waals surface area contributed by atoms with E-state index in [2.05, 4.69) is 4.74 Å². The molecule has 0 heterocycles. The van der Waals surface area contributed by atoms with E-state index in [4.69, 9.17) is 0 Å². The van der Waals surface area contributed by atoms with E-state index in [1.54, 1.807) is 0 Å². The number of hydrogen-bond donors (Lipinski definition) is 1. The fourth-order valence-corrected chi connectivity index (χ4v) is 1.54. The number of methoxy groups -OCH3 is 1. The van der Waals surface area contributed by atoms with Gasteiger partial charge in [-0.15, -0.1) is 0 Å². The Kier molecular flexibility index (Phi) is 2.88. The van der Waals surface area contributed by atoms with Crippen molar-refractivity contribution in [2.75, 3.05) is 7.11 Å². The molecule has 0 saturated heterocycles. The van der Waals surface area contributed by atoms with Crippen molar-refractivity contribution in [3.8, 4) is 0 Å². The largest absolute Gasteiger partial charge is 0.469 e. The lowest BCUT2D eigenvalue weighted by molar-refractivity contribution is -0.147. The third-order valence-electron chi connectivity index (χ3n) is 2.18. The molecule has 0 radical (unpaired) electrons. The summed E-state index contributed by atoms with van der Waals surface area (Å²) in [5.41, 5.74) is 0. The van der Waals surface area contributed by atoms with Crippen LogP contribution in [0.4, 0.5) is 0 Å². The summed E-state index contributed by atoms with van der Waals surface area (Å²) in [6.07, 6.45) is 2.90. The maximum atomic E-state index is 11.0. The monoisotopic (exact) mass is 158 g/mol. The summed E-state index contributed by atoms with van der Waals surface area (Å²) in [6, 6.07) is 0. The molecule has 0 bridgehead atoms. The normalized spacial score (nSPS) is 31.5. The molecule has 0 aromatic heterocycles. The van der Waals surface area contributed by atoms with Gasteiger partial charge in [0.05, 0.1) is 19.1 Å². The van der Waals surface area contributed by atoms with Gasteiger partial charge in [0.15, 0.2) is 0 Å². The Bertz CT molecular complexity index is 144. The molecule has 2 atom stereocenters. The number of aliphatic hydroxyl groups excluding tert-OH is 1.